The Labute approximate surface area is 235 Å². The maximum atomic E-state index is 5.15. The number of benzene rings is 2. The third kappa shape index (κ3) is 7.27. The van der Waals surface area contributed by atoms with Gasteiger partial charge in [-0.1, -0.05) is 97.9 Å². The van der Waals surface area contributed by atoms with E-state index in [1.54, 1.807) is 0 Å². The normalized spacial score (nSPS) is 12.6. The van der Waals surface area contributed by atoms with E-state index in [1.807, 2.05) is 12.1 Å². The van der Waals surface area contributed by atoms with Crippen molar-refractivity contribution in [1.82, 2.24) is 4.98 Å². The molecule has 4 heteroatoms. The van der Waals surface area contributed by atoms with Gasteiger partial charge in [0.25, 0.3) is 0 Å². The van der Waals surface area contributed by atoms with Crippen LogP contribution in [0.15, 0.2) is 64.6 Å². The minimum Gasteiger partial charge on any atom is -0.251 e. The largest absolute Gasteiger partial charge is 2.00 e. The number of nitrogens with zero attached hydrogens (tertiary/aromatic N) is 3. The van der Waals surface area contributed by atoms with E-state index in [9.17, 15) is 0 Å². The van der Waals surface area contributed by atoms with Crippen molar-refractivity contribution in [2.75, 3.05) is 0 Å². The molecule has 196 valence electrons. The standard InChI is InChI=1S/C33H43N3.Fe/c1-20(2)26-14-11-15-27(21(3)4)32(26)34-24(9)30-18-13-19-31(36-30)25(10)35-33-28(22(5)6)16-12-17-29(33)23(7)8;/h11-23H,1-10H3;/q;+2. The molecule has 3 aromatic rings. The summed E-state index contributed by atoms with van der Waals surface area (Å²) in [5, 5.41) is 0. The summed E-state index contributed by atoms with van der Waals surface area (Å²) >= 11 is 0. The summed E-state index contributed by atoms with van der Waals surface area (Å²) in [5.41, 5.74) is 10.9. The van der Waals surface area contributed by atoms with E-state index in [4.69, 9.17) is 15.0 Å². The molecule has 0 unspecified atom stereocenters. The van der Waals surface area contributed by atoms with E-state index < -0.39 is 0 Å². The van der Waals surface area contributed by atoms with E-state index in [-0.39, 0.29) is 17.1 Å². The van der Waals surface area contributed by atoms with Crippen molar-refractivity contribution < 1.29 is 17.1 Å². The van der Waals surface area contributed by atoms with Crippen LogP contribution in [0.4, 0.5) is 11.4 Å². The molecule has 0 atom stereocenters. The van der Waals surface area contributed by atoms with Gasteiger partial charge in [-0.2, -0.15) is 0 Å². The van der Waals surface area contributed by atoms with Gasteiger partial charge in [0.1, 0.15) is 0 Å². The van der Waals surface area contributed by atoms with Gasteiger partial charge in [-0.25, -0.2) is 4.98 Å². The summed E-state index contributed by atoms with van der Waals surface area (Å²) in [7, 11) is 0. The predicted octanol–water partition coefficient (Wildman–Crippen LogP) is 9.85. The minimum absolute atomic E-state index is 0. The van der Waals surface area contributed by atoms with Gasteiger partial charge in [0.15, 0.2) is 0 Å². The number of aromatic nitrogens is 1. The number of hydrogen-bond donors (Lipinski definition) is 0. The fourth-order valence-corrected chi connectivity index (χ4v) is 4.57. The number of aliphatic imine (C=N–C) groups is 2. The molecule has 0 amide bonds. The molecule has 2 aromatic carbocycles. The molecule has 37 heavy (non-hydrogen) atoms. The Balaban J connectivity index is 0.00000481. The van der Waals surface area contributed by atoms with Crippen molar-refractivity contribution in [1.29, 1.82) is 0 Å². The zero-order chi connectivity index (χ0) is 26.6. The van der Waals surface area contributed by atoms with Crippen LogP contribution in [0.2, 0.25) is 0 Å². The Morgan fingerprint density at radius 2 is 0.784 bits per heavy atom. The van der Waals surface area contributed by atoms with Crippen LogP contribution in [0.5, 0.6) is 0 Å². The first-order valence-electron chi connectivity index (χ1n) is 13.3. The van der Waals surface area contributed by atoms with Crippen molar-refractivity contribution in [3.8, 4) is 0 Å². The fourth-order valence-electron chi connectivity index (χ4n) is 4.57. The van der Waals surface area contributed by atoms with Gasteiger partial charge in [0, 0.05) is 0 Å². The summed E-state index contributed by atoms with van der Waals surface area (Å²) in [5.74, 6) is 1.61. The van der Waals surface area contributed by atoms with Gasteiger partial charge in [-0.05, 0) is 71.9 Å². The van der Waals surface area contributed by atoms with E-state index in [0.29, 0.717) is 23.7 Å². The number of rotatable bonds is 8. The van der Waals surface area contributed by atoms with E-state index in [2.05, 4.69) is 112 Å². The third-order valence-electron chi connectivity index (χ3n) is 6.73. The molecule has 0 saturated carbocycles. The second-order valence-corrected chi connectivity index (χ2v) is 11.0. The summed E-state index contributed by atoms with van der Waals surface area (Å²) in [6.07, 6.45) is 0. The maximum absolute atomic E-state index is 5.15. The molecule has 3 nitrogen and oxygen atoms in total. The van der Waals surface area contributed by atoms with Crippen molar-refractivity contribution in [2.45, 2.75) is 92.9 Å². The monoisotopic (exact) mass is 537 g/mol. The molecule has 0 saturated heterocycles. The second-order valence-electron chi connectivity index (χ2n) is 11.0. The van der Waals surface area contributed by atoms with Crippen LogP contribution in [0.1, 0.15) is 127 Å². The molecule has 0 spiro atoms. The quantitative estimate of drug-likeness (QED) is 0.208. The molecule has 0 N–H and O–H groups in total. The Hall–Kier alpha value is -2.55. The number of pyridine rings is 1. The van der Waals surface area contributed by atoms with Crippen LogP contribution >= 0.6 is 0 Å². The molecule has 1 aromatic heterocycles. The third-order valence-corrected chi connectivity index (χ3v) is 6.73. The number of hydrogen-bond acceptors (Lipinski definition) is 3. The van der Waals surface area contributed by atoms with Crippen LogP contribution in [0.3, 0.4) is 0 Å². The van der Waals surface area contributed by atoms with Crippen LogP contribution < -0.4 is 0 Å². The van der Waals surface area contributed by atoms with Crippen molar-refractivity contribution in [2.24, 2.45) is 9.98 Å². The Morgan fingerprint density at radius 3 is 1.05 bits per heavy atom. The molecule has 0 aliphatic heterocycles. The SMILES string of the molecule is CC(=Nc1c(C(C)C)cccc1C(C)C)c1cccc(C(C)=Nc2c(C(C)C)cccc2C(C)C)n1.[Fe+2]. The Morgan fingerprint density at radius 1 is 0.514 bits per heavy atom. The second kappa shape index (κ2) is 13.3. The summed E-state index contributed by atoms with van der Waals surface area (Å²) in [6, 6.07) is 19.2. The first-order valence-corrected chi connectivity index (χ1v) is 13.3. The van der Waals surface area contributed by atoms with Gasteiger partial charge in [0.05, 0.1) is 34.2 Å². The van der Waals surface area contributed by atoms with Gasteiger partial charge < -0.3 is 0 Å². The minimum atomic E-state index is 0. The first kappa shape index (κ1) is 30.7. The molecule has 0 radical (unpaired) electrons. The molecular formula is C33H43FeN3+2. The van der Waals surface area contributed by atoms with Crippen LogP contribution in [-0.4, -0.2) is 16.4 Å². The van der Waals surface area contributed by atoms with E-state index >= 15 is 0 Å². The average Bonchev–Trinajstić information content (AvgIpc) is 2.83. The van der Waals surface area contributed by atoms with Crippen LogP contribution in [-0.2, 0) is 17.1 Å². The van der Waals surface area contributed by atoms with Crippen molar-refractivity contribution >= 4 is 22.8 Å². The van der Waals surface area contributed by atoms with Gasteiger partial charge in [-0.15, -0.1) is 0 Å². The van der Waals surface area contributed by atoms with E-state index in [0.717, 1.165) is 34.2 Å². The molecule has 1 heterocycles. The molecule has 0 fully saturated rings. The maximum Gasteiger partial charge on any atom is 2.00 e. The van der Waals surface area contributed by atoms with Crippen LogP contribution in [0.25, 0.3) is 0 Å². The average molecular weight is 538 g/mol. The molecule has 0 aliphatic rings. The van der Waals surface area contributed by atoms with Crippen molar-refractivity contribution in [3.05, 3.63) is 88.2 Å². The van der Waals surface area contributed by atoms with Crippen molar-refractivity contribution in [3.63, 3.8) is 0 Å². The smallest absolute Gasteiger partial charge is 0.251 e. The Kier molecular flexibility index (Phi) is 11.0. The zero-order valence-electron chi connectivity index (χ0n) is 24.2. The number of para-hydroxylation sites is 2. The molecule has 3 rings (SSSR count). The molecule has 0 bridgehead atoms. The Bertz CT molecular complexity index is 1120. The summed E-state index contributed by atoms with van der Waals surface area (Å²) in [4.78, 5) is 15.3. The predicted molar refractivity (Wildman–Crippen MR) is 157 cm³/mol. The van der Waals surface area contributed by atoms with Gasteiger partial charge in [0.2, 0.25) is 0 Å². The van der Waals surface area contributed by atoms with E-state index in [1.165, 1.54) is 22.3 Å². The first-order chi connectivity index (χ1) is 17.0. The summed E-state index contributed by atoms with van der Waals surface area (Å²) < 4.78 is 0. The molecular weight excluding hydrogens is 494 g/mol. The van der Waals surface area contributed by atoms with Gasteiger partial charge in [-0.3, -0.25) is 9.98 Å². The zero-order valence-corrected chi connectivity index (χ0v) is 25.3. The fraction of sp³-hybridized carbons (Fsp3) is 0.424. The topological polar surface area (TPSA) is 37.6 Å². The molecule has 0 aliphatic carbocycles. The summed E-state index contributed by atoms with van der Waals surface area (Å²) in [6.45, 7) is 22.0. The van der Waals surface area contributed by atoms with Gasteiger partial charge >= 0.3 is 17.1 Å². The van der Waals surface area contributed by atoms with Crippen LogP contribution in [0, 0.1) is 0 Å².